The van der Waals surface area contributed by atoms with Gasteiger partial charge in [-0.15, -0.1) is 0 Å². The lowest BCUT2D eigenvalue weighted by Gasteiger charge is -2.36. The standard InChI is InChI=1S/C33H36Br2O6/c1-5-9-18-16-25(36)27(21(11-7-3)29(18)34)33(24-14-13-20(31(38)39)15-23(24)32(40)41-33)28-22(12-8-4)30(35)19(10-6-2)17-26(28)37/h13-17,36-37H,5-12H2,1-4H3,(H,38,39). The zero-order valence-electron chi connectivity index (χ0n) is 23.9. The van der Waals surface area contributed by atoms with Gasteiger partial charge in [0.05, 0.1) is 22.3 Å². The molecule has 0 spiro atoms. The molecule has 3 N–H and O–H groups in total. The van der Waals surface area contributed by atoms with Crippen molar-refractivity contribution in [2.24, 2.45) is 0 Å². The fraction of sp³-hybridized carbons (Fsp3) is 0.394. The van der Waals surface area contributed by atoms with Gasteiger partial charge in [-0.25, -0.2) is 9.59 Å². The van der Waals surface area contributed by atoms with Crippen LogP contribution in [-0.2, 0) is 36.0 Å². The van der Waals surface area contributed by atoms with Crippen LogP contribution < -0.4 is 0 Å². The third-order valence-electron chi connectivity index (χ3n) is 7.69. The van der Waals surface area contributed by atoms with Crippen molar-refractivity contribution in [1.29, 1.82) is 0 Å². The fourth-order valence-corrected chi connectivity index (χ4v) is 7.49. The Balaban J connectivity index is 2.25. The largest absolute Gasteiger partial charge is 0.507 e. The highest BCUT2D eigenvalue weighted by Gasteiger charge is 2.54. The lowest BCUT2D eigenvalue weighted by Crippen LogP contribution is -2.33. The number of carboxylic acid groups (broad SMARTS) is 1. The normalized spacial score (nSPS) is 13.8. The third-order valence-corrected chi connectivity index (χ3v) is 9.66. The van der Waals surface area contributed by atoms with E-state index in [1.165, 1.54) is 12.1 Å². The molecule has 8 heteroatoms. The first-order chi connectivity index (χ1) is 19.6. The Labute approximate surface area is 258 Å². The zero-order chi connectivity index (χ0) is 30.1. The van der Waals surface area contributed by atoms with Crippen molar-refractivity contribution in [3.8, 4) is 11.5 Å². The number of rotatable bonds is 11. The summed E-state index contributed by atoms with van der Waals surface area (Å²) in [6.07, 6.45) is 5.86. The van der Waals surface area contributed by atoms with Crippen LogP contribution in [0.3, 0.4) is 0 Å². The van der Waals surface area contributed by atoms with E-state index in [0.29, 0.717) is 29.5 Å². The van der Waals surface area contributed by atoms with Crippen molar-refractivity contribution in [3.05, 3.63) is 89.3 Å². The molecule has 1 aliphatic heterocycles. The molecule has 41 heavy (non-hydrogen) atoms. The summed E-state index contributed by atoms with van der Waals surface area (Å²) in [5, 5.41) is 33.3. The van der Waals surface area contributed by atoms with Gasteiger partial charge in [0.15, 0.2) is 5.60 Å². The maximum absolute atomic E-state index is 13.7. The number of phenolic OH excluding ortho intramolecular Hbond substituents is 2. The predicted octanol–water partition coefficient (Wildman–Crippen LogP) is 8.59. The van der Waals surface area contributed by atoms with Crippen LogP contribution in [-0.4, -0.2) is 27.3 Å². The molecule has 0 saturated heterocycles. The summed E-state index contributed by atoms with van der Waals surface area (Å²) >= 11 is 7.62. The Bertz CT molecular complexity index is 1440. The van der Waals surface area contributed by atoms with Crippen LogP contribution in [0.1, 0.15) is 113 Å². The number of aromatic carboxylic acids is 1. The first-order valence-electron chi connectivity index (χ1n) is 14.3. The van der Waals surface area contributed by atoms with Gasteiger partial charge in [0.1, 0.15) is 11.5 Å². The second kappa shape index (κ2) is 12.6. The van der Waals surface area contributed by atoms with E-state index in [4.69, 9.17) is 4.74 Å². The number of benzene rings is 3. The maximum atomic E-state index is 13.7. The Morgan fingerprint density at radius 2 is 1.24 bits per heavy atom. The van der Waals surface area contributed by atoms with E-state index < -0.39 is 17.5 Å². The summed E-state index contributed by atoms with van der Waals surface area (Å²) in [4.78, 5) is 25.5. The minimum atomic E-state index is -1.72. The van der Waals surface area contributed by atoms with Gasteiger partial charge in [0.25, 0.3) is 0 Å². The molecule has 0 fully saturated rings. The smallest absolute Gasteiger partial charge is 0.340 e. The number of carboxylic acids is 1. The minimum absolute atomic E-state index is 0.0429. The summed E-state index contributed by atoms with van der Waals surface area (Å²) in [6.45, 7) is 8.21. The average Bonchev–Trinajstić information content (AvgIpc) is 3.21. The third kappa shape index (κ3) is 5.29. The fourth-order valence-electron chi connectivity index (χ4n) is 6.07. The van der Waals surface area contributed by atoms with E-state index in [2.05, 4.69) is 45.7 Å². The molecule has 0 aliphatic carbocycles. The number of carbonyl (C=O) groups is 2. The summed E-state index contributed by atoms with van der Waals surface area (Å²) in [7, 11) is 0. The van der Waals surface area contributed by atoms with Crippen LogP contribution in [0, 0.1) is 0 Å². The van der Waals surface area contributed by atoms with Crippen molar-refractivity contribution in [2.75, 3.05) is 0 Å². The van der Waals surface area contributed by atoms with Crippen LogP contribution >= 0.6 is 31.9 Å². The second-order valence-electron chi connectivity index (χ2n) is 10.6. The van der Waals surface area contributed by atoms with Gasteiger partial charge in [0.2, 0.25) is 0 Å². The van der Waals surface area contributed by atoms with Gasteiger partial charge in [-0.3, -0.25) is 0 Å². The van der Waals surface area contributed by atoms with E-state index in [9.17, 15) is 24.9 Å². The summed E-state index contributed by atoms with van der Waals surface area (Å²) in [5.74, 6) is -1.97. The Morgan fingerprint density at radius 1 is 0.780 bits per heavy atom. The molecule has 0 bridgehead atoms. The average molecular weight is 688 g/mol. The molecule has 218 valence electrons. The van der Waals surface area contributed by atoms with Crippen LogP contribution in [0.5, 0.6) is 11.5 Å². The lowest BCUT2D eigenvalue weighted by molar-refractivity contribution is 0.0234. The first kappa shape index (κ1) is 31.1. The SMILES string of the molecule is CCCc1cc(O)c(C2(c3c(O)cc(CCC)c(Br)c3CCC)OC(=O)c3cc(C(=O)O)ccc32)c(CCC)c1Br. The van der Waals surface area contributed by atoms with E-state index >= 15 is 0 Å². The summed E-state index contributed by atoms with van der Waals surface area (Å²) in [5.41, 5.74) is 2.93. The minimum Gasteiger partial charge on any atom is -0.507 e. The highest BCUT2D eigenvalue weighted by atomic mass is 79.9. The zero-order valence-corrected chi connectivity index (χ0v) is 27.0. The second-order valence-corrected chi connectivity index (χ2v) is 12.2. The molecule has 1 aliphatic rings. The highest BCUT2D eigenvalue weighted by Crippen LogP contribution is 2.57. The monoisotopic (exact) mass is 686 g/mol. The molecule has 6 nitrogen and oxygen atoms in total. The molecule has 0 amide bonds. The van der Waals surface area contributed by atoms with Gasteiger partial charge in [-0.1, -0.05) is 91.3 Å². The summed E-state index contributed by atoms with van der Waals surface area (Å²) in [6, 6.07) is 7.74. The Kier molecular flexibility index (Phi) is 9.54. The quantitative estimate of drug-likeness (QED) is 0.175. The van der Waals surface area contributed by atoms with Crippen molar-refractivity contribution >= 4 is 43.8 Å². The number of carbonyl (C=O) groups excluding carboxylic acids is 1. The molecule has 0 saturated carbocycles. The number of hydrogen-bond acceptors (Lipinski definition) is 5. The molecule has 0 aromatic heterocycles. The van der Waals surface area contributed by atoms with E-state index in [-0.39, 0.29) is 22.6 Å². The predicted molar refractivity (Wildman–Crippen MR) is 166 cm³/mol. The molecular formula is C33H36Br2O6. The molecule has 3 aromatic carbocycles. The van der Waals surface area contributed by atoms with Gasteiger partial charge < -0.3 is 20.1 Å². The highest BCUT2D eigenvalue weighted by molar-refractivity contribution is 9.10. The van der Waals surface area contributed by atoms with E-state index in [1.54, 1.807) is 18.2 Å². The number of aromatic hydroxyl groups is 2. The molecule has 4 rings (SSSR count). The Morgan fingerprint density at radius 3 is 1.66 bits per heavy atom. The van der Waals surface area contributed by atoms with Gasteiger partial charge >= 0.3 is 11.9 Å². The van der Waals surface area contributed by atoms with Gasteiger partial charge in [0, 0.05) is 14.5 Å². The molecule has 0 unspecified atom stereocenters. The van der Waals surface area contributed by atoms with Crippen LogP contribution in [0.25, 0.3) is 0 Å². The number of ether oxygens (including phenoxy) is 1. The lowest BCUT2D eigenvalue weighted by atomic mass is 9.73. The molecular weight excluding hydrogens is 652 g/mol. The van der Waals surface area contributed by atoms with E-state index in [1.807, 2.05) is 13.8 Å². The van der Waals surface area contributed by atoms with E-state index in [0.717, 1.165) is 69.7 Å². The number of cyclic esters (lactones) is 1. The molecule has 3 aromatic rings. The molecule has 0 radical (unpaired) electrons. The van der Waals surface area contributed by atoms with Gasteiger partial charge in [-0.05, 0) is 72.2 Å². The Hall–Kier alpha value is -2.84. The topological polar surface area (TPSA) is 104 Å². The van der Waals surface area contributed by atoms with Gasteiger partial charge in [-0.2, -0.15) is 0 Å². The number of hydrogen-bond donors (Lipinski definition) is 3. The molecule has 1 heterocycles. The summed E-state index contributed by atoms with van der Waals surface area (Å²) < 4.78 is 8.04. The van der Waals surface area contributed by atoms with Crippen LogP contribution in [0.2, 0.25) is 0 Å². The van der Waals surface area contributed by atoms with Crippen molar-refractivity contribution in [1.82, 2.24) is 0 Å². The van der Waals surface area contributed by atoms with Crippen LogP contribution in [0.15, 0.2) is 39.3 Å². The number of fused-ring (bicyclic) bond motifs is 1. The number of aryl methyl sites for hydroxylation is 2. The van der Waals surface area contributed by atoms with Crippen molar-refractivity contribution < 1.29 is 29.6 Å². The number of phenols is 2. The maximum Gasteiger partial charge on any atom is 0.340 e. The number of esters is 1. The van der Waals surface area contributed by atoms with Crippen molar-refractivity contribution in [2.45, 2.75) is 84.7 Å². The first-order valence-corrected chi connectivity index (χ1v) is 15.8. The van der Waals surface area contributed by atoms with Crippen molar-refractivity contribution in [3.63, 3.8) is 0 Å². The molecule has 0 atom stereocenters. The van der Waals surface area contributed by atoms with Crippen LogP contribution in [0.4, 0.5) is 0 Å². The number of halogens is 2.